The van der Waals surface area contributed by atoms with Gasteiger partial charge in [0.2, 0.25) is 11.8 Å². The van der Waals surface area contributed by atoms with Crippen molar-refractivity contribution in [2.45, 2.75) is 37.8 Å². The Bertz CT molecular complexity index is 940. The molecule has 2 amide bonds. The number of rotatable bonds is 5. The van der Waals surface area contributed by atoms with Gasteiger partial charge in [-0.25, -0.2) is 0 Å². The van der Waals surface area contributed by atoms with Crippen LogP contribution in [0.25, 0.3) is 0 Å². The normalized spacial score (nSPS) is 21.2. The maximum absolute atomic E-state index is 14.0. The van der Waals surface area contributed by atoms with Crippen LogP contribution in [0, 0.1) is 6.92 Å². The zero-order valence-corrected chi connectivity index (χ0v) is 19.0. The van der Waals surface area contributed by atoms with Gasteiger partial charge < -0.3 is 15.0 Å². The first-order chi connectivity index (χ1) is 15.5. The highest BCUT2D eigenvalue weighted by molar-refractivity contribution is 5.90. The van der Waals surface area contributed by atoms with Crippen LogP contribution in [-0.2, 0) is 26.3 Å². The fourth-order valence-electron chi connectivity index (χ4n) is 5.02. The molecule has 0 aliphatic carbocycles. The molecular formula is C26H33N3O3. The van der Waals surface area contributed by atoms with Crippen LogP contribution in [0.4, 0.5) is 0 Å². The highest BCUT2D eigenvalue weighted by atomic mass is 16.5. The molecule has 1 N–H and O–H groups in total. The van der Waals surface area contributed by atoms with Crippen molar-refractivity contribution >= 4 is 11.8 Å². The number of amides is 2. The molecule has 2 aliphatic rings. The molecule has 0 aromatic heterocycles. The van der Waals surface area contributed by atoms with Crippen molar-refractivity contribution in [1.29, 1.82) is 0 Å². The molecule has 2 aliphatic heterocycles. The first-order valence-corrected chi connectivity index (χ1v) is 11.5. The quantitative estimate of drug-likeness (QED) is 0.784. The third-order valence-electron chi connectivity index (χ3n) is 6.88. The van der Waals surface area contributed by atoms with Crippen LogP contribution in [0.3, 0.4) is 0 Å². The van der Waals surface area contributed by atoms with Gasteiger partial charge in [0.1, 0.15) is 6.04 Å². The lowest BCUT2D eigenvalue weighted by Crippen LogP contribution is -2.62. The van der Waals surface area contributed by atoms with E-state index in [9.17, 15) is 9.59 Å². The predicted octanol–water partition coefficient (Wildman–Crippen LogP) is 2.50. The van der Waals surface area contributed by atoms with E-state index in [1.807, 2.05) is 29.2 Å². The Labute approximate surface area is 190 Å². The predicted molar refractivity (Wildman–Crippen MR) is 124 cm³/mol. The van der Waals surface area contributed by atoms with E-state index in [0.717, 1.165) is 11.1 Å². The minimum Gasteiger partial charge on any atom is -0.381 e. The second-order valence-electron chi connectivity index (χ2n) is 8.90. The topological polar surface area (TPSA) is 61.9 Å². The van der Waals surface area contributed by atoms with E-state index in [2.05, 4.69) is 47.5 Å². The Morgan fingerprint density at radius 3 is 2.50 bits per heavy atom. The van der Waals surface area contributed by atoms with E-state index in [4.69, 9.17) is 4.74 Å². The molecular weight excluding hydrogens is 402 g/mol. The zero-order chi connectivity index (χ0) is 22.6. The third kappa shape index (κ3) is 4.57. The lowest BCUT2D eigenvalue weighted by molar-refractivity contribution is -0.146. The Kier molecular flexibility index (Phi) is 6.92. The van der Waals surface area contributed by atoms with Gasteiger partial charge in [0, 0.05) is 46.4 Å². The fraction of sp³-hybridized carbons (Fsp3) is 0.462. The number of benzene rings is 2. The van der Waals surface area contributed by atoms with E-state index in [1.54, 1.807) is 7.05 Å². The molecule has 2 aromatic carbocycles. The highest BCUT2D eigenvalue weighted by Crippen LogP contribution is 2.38. The summed E-state index contributed by atoms with van der Waals surface area (Å²) in [4.78, 5) is 30.9. The van der Waals surface area contributed by atoms with Crippen molar-refractivity contribution in [2.75, 3.05) is 39.9 Å². The molecule has 0 radical (unpaired) electrons. The maximum atomic E-state index is 14.0. The summed E-state index contributed by atoms with van der Waals surface area (Å²) in [5, 5.41) is 2.80. The number of carbonyl (C=O) groups is 2. The van der Waals surface area contributed by atoms with Crippen molar-refractivity contribution in [1.82, 2.24) is 15.1 Å². The van der Waals surface area contributed by atoms with Crippen molar-refractivity contribution in [3.63, 3.8) is 0 Å². The molecule has 6 heteroatoms. The summed E-state index contributed by atoms with van der Waals surface area (Å²) in [6.45, 7) is 5.59. The molecule has 32 heavy (non-hydrogen) atoms. The SMILES string of the molecule is CNC(=O)[C@@H]1CN(C(=O)C2(c3cccc(C)c3)CCOCC2)CCN1Cc1ccccc1. The van der Waals surface area contributed by atoms with E-state index >= 15 is 0 Å². The van der Waals surface area contributed by atoms with E-state index in [1.165, 1.54) is 5.56 Å². The Hall–Kier alpha value is -2.70. The summed E-state index contributed by atoms with van der Waals surface area (Å²) in [5.74, 6) is 0.0784. The van der Waals surface area contributed by atoms with Crippen LogP contribution in [0.15, 0.2) is 54.6 Å². The number of ether oxygens (including phenoxy) is 1. The zero-order valence-electron chi connectivity index (χ0n) is 19.0. The second-order valence-corrected chi connectivity index (χ2v) is 8.90. The molecule has 0 unspecified atom stereocenters. The second kappa shape index (κ2) is 9.84. The third-order valence-corrected chi connectivity index (χ3v) is 6.88. The van der Waals surface area contributed by atoms with Crippen LogP contribution < -0.4 is 5.32 Å². The summed E-state index contributed by atoms with van der Waals surface area (Å²) in [5.41, 5.74) is 2.80. The Morgan fingerprint density at radius 2 is 1.81 bits per heavy atom. The molecule has 2 heterocycles. The van der Waals surface area contributed by atoms with Gasteiger partial charge in [-0.15, -0.1) is 0 Å². The summed E-state index contributed by atoms with van der Waals surface area (Å²) in [7, 11) is 1.66. The molecule has 2 saturated heterocycles. The number of aryl methyl sites for hydroxylation is 1. The number of nitrogens with one attached hydrogen (secondary N) is 1. The molecule has 4 rings (SSSR count). The highest BCUT2D eigenvalue weighted by Gasteiger charge is 2.46. The van der Waals surface area contributed by atoms with Gasteiger partial charge >= 0.3 is 0 Å². The molecule has 170 valence electrons. The van der Waals surface area contributed by atoms with Gasteiger partial charge in [0.05, 0.1) is 5.41 Å². The number of hydrogen-bond acceptors (Lipinski definition) is 4. The largest absolute Gasteiger partial charge is 0.381 e. The summed E-state index contributed by atoms with van der Waals surface area (Å²) < 4.78 is 5.63. The number of likely N-dealkylation sites (N-methyl/N-ethyl adjacent to an activating group) is 1. The van der Waals surface area contributed by atoms with Gasteiger partial charge in [0.15, 0.2) is 0 Å². The molecule has 0 saturated carbocycles. The Balaban J connectivity index is 1.58. The van der Waals surface area contributed by atoms with E-state index in [0.29, 0.717) is 52.2 Å². The minimum absolute atomic E-state index is 0.0463. The lowest BCUT2D eigenvalue weighted by atomic mass is 9.72. The smallest absolute Gasteiger partial charge is 0.238 e. The molecule has 0 bridgehead atoms. The van der Waals surface area contributed by atoms with Crippen molar-refractivity contribution < 1.29 is 14.3 Å². The van der Waals surface area contributed by atoms with Crippen LogP contribution in [0.5, 0.6) is 0 Å². The summed E-state index contributed by atoms with van der Waals surface area (Å²) in [6.07, 6.45) is 1.34. The average Bonchev–Trinajstić information content (AvgIpc) is 2.84. The van der Waals surface area contributed by atoms with Gasteiger partial charge in [0.25, 0.3) is 0 Å². The molecule has 6 nitrogen and oxygen atoms in total. The van der Waals surface area contributed by atoms with Gasteiger partial charge in [-0.05, 0) is 30.9 Å². The molecule has 2 fully saturated rings. The monoisotopic (exact) mass is 435 g/mol. The number of hydrogen-bond donors (Lipinski definition) is 1. The van der Waals surface area contributed by atoms with E-state index in [-0.39, 0.29) is 17.9 Å². The first-order valence-electron chi connectivity index (χ1n) is 11.5. The molecule has 1 atom stereocenters. The van der Waals surface area contributed by atoms with Crippen molar-refractivity contribution in [2.24, 2.45) is 0 Å². The van der Waals surface area contributed by atoms with Crippen LogP contribution in [0.2, 0.25) is 0 Å². The van der Waals surface area contributed by atoms with Crippen LogP contribution >= 0.6 is 0 Å². The number of piperazine rings is 1. The van der Waals surface area contributed by atoms with Crippen LogP contribution in [0.1, 0.15) is 29.5 Å². The standard InChI is InChI=1S/C26H33N3O3/c1-20-7-6-10-22(17-20)26(11-15-32-16-12-26)25(31)29-14-13-28(23(19-29)24(30)27-2)18-21-8-4-3-5-9-21/h3-10,17,23H,11-16,18-19H2,1-2H3,(H,27,30)/t23-/m0/s1. The first kappa shape index (κ1) is 22.5. The fourth-order valence-corrected chi connectivity index (χ4v) is 5.02. The average molecular weight is 436 g/mol. The van der Waals surface area contributed by atoms with Gasteiger partial charge in [-0.3, -0.25) is 14.5 Å². The maximum Gasteiger partial charge on any atom is 0.238 e. The van der Waals surface area contributed by atoms with Crippen molar-refractivity contribution in [3.05, 3.63) is 71.3 Å². The molecule has 2 aromatic rings. The molecule has 0 spiro atoms. The number of carbonyl (C=O) groups excluding carboxylic acids is 2. The van der Waals surface area contributed by atoms with Gasteiger partial charge in [-0.1, -0.05) is 60.2 Å². The van der Waals surface area contributed by atoms with Crippen molar-refractivity contribution in [3.8, 4) is 0 Å². The summed E-state index contributed by atoms with van der Waals surface area (Å²) in [6, 6.07) is 18.1. The lowest BCUT2D eigenvalue weighted by Gasteiger charge is -2.45. The van der Waals surface area contributed by atoms with Gasteiger partial charge in [-0.2, -0.15) is 0 Å². The summed E-state index contributed by atoms with van der Waals surface area (Å²) >= 11 is 0. The van der Waals surface area contributed by atoms with Crippen LogP contribution in [-0.4, -0.2) is 67.6 Å². The number of nitrogens with zero attached hydrogens (tertiary/aromatic N) is 2. The Morgan fingerprint density at radius 1 is 1.06 bits per heavy atom. The van der Waals surface area contributed by atoms with E-state index < -0.39 is 5.41 Å². The minimum atomic E-state index is -0.584.